The van der Waals surface area contributed by atoms with Crippen LogP contribution >= 0.6 is 11.3 Å². The standard InChI is InChI=1S/C22H16N4O2S/c27-19(11-12-26-13-23-17-8-4-3-7-16(17)21(26)28)24-22-25-20-15-6-2-1-5-14(15)9-10-18(20)29-22/h1-10,13H,11-12H2,(H,24,25,27). The van der Waals surface area contributed by atoms with E-state index in [0.717, 1.165) is 21.0 Å². The number of carbonyl (C=O) groups is 1. The van der Waals surface area contributed by atoms with Gasteiger partial charge in [0.25, 0.3) is 5.56 Å². The van der Waals surface area contributed by atoms with Crippen LogP contribution in [0.15, 0.2) is 71.8 Å². The minimum absolute atomic E-state index is 0.144. The van der Waals surface area contributed by atoms with E-state index < -0.39 is 0 Å². The van der Waals surface area contributed by atoms with Crippen molar-refractivity contribution >= 4 is 54.3 Å². The number of thiazole rings is 1. The van der Waals surface area contributed by atoms with E-state index in [0.29, 0.717) is 16.0 Å². The number of hydrogen-bond donors (Lipinski definition) is 1. The van der Waals surface area contributed by atoms with E-state index in [9.17, 15) is 9.59 Å². The molecule has 0 aliphatic heterocycles. The normalized spacial score (nSPS) is 11.3. The smallest absolute Gasteiger partial charge is 0.261 e. The molecule has 0 saturated heterocycles. The van der Waals surface area contributed by atoms with Gasteiger partial charge in [0.05, 0.1) is 27.4 Å². The zero-order valence-corrected chi connectivity index (χ0v) is 16.1. The first-order valence-corrected chi connectivity index (χ1v) is 10.0. The Labute approximate surface area is 169 Å². The molecule has 6 nitrogen and oxygen atoms in total. The second kappa shape index (κ2) is 7.10. The van der Waals surface area contributed by atoms with Crippen LogP contribution in [0, 0.1) is 0 Å². The van der Waals surface area contributed by atoms with Crippen LogP contribution in [-0.2, 0) is 11.3 Å². The van der Waals surface area contributed by atoms with Crippen molar-refractivity contribution in [2.45, 2.75) is 13.0 Å². The number of aryl methyl sites for hydroxylation is 1. The van der Waals surface area contributed by atoms with Crippen LogP contribution in [0.5, 0.6) is 0 Å². The predicted molar refractivity (Wildman–Crippen MR) is 116 cm³/mol. The van der Waals surface area contributed by atoms with Crippen molar-refractivity contribution in [1.29, 1.82) is 0 Å². The van der Waals surface area contributed by atoms with Gasteiger partial charge in [-0.05, 0) is 23.6 Å². The van der Waals surface area contributed by atoms with Gasteiger partial charge in [0, 0.05) is 18.4 Å². The van der Waals surface area contributed by atoms with Gasteiger partial charge in [0.1, 0.15) is 0 Å². The molecule has 0 saturated carbocycles. The summed E-state index contributed by atoms with van der Waals surface area (Å²) >= 11 is 1.44. The van der Waals surface area contributed by atoms with Crippen LogP contribution in [0.3, 0.4) is 0 Å². The van der Waals surface area contributed by atoms with E-state index in [2.05, 4.69) is 21.4 Å². The van der Waals surface area contributed by atoms with Crippen molar-refractivity contribution in [3.63, 3.8) is 0 Å². The second-order valence-electron chi connectivity index (χ2n) is 6.71. The maximum absolute atomic E-state index is 12.5. The van der Waals surface area contributed by atoms with E-state index in [1.807, 2.05) is 36.4 Å². The monoisotopic (exact) mass is 400 g/mol. The molecule has 7 heteroatoms. The Hall–Kier alpha value is -3.58. The molecule has 142 valence electrons. The van der Waals surface area contributed by atoms with Gasteiger partial charge in [-0.2, -0.15) is 0 Å². The topological polar surface area (TPSA) is 76.9 Å². The van der Waals surface area contributed by atoms with Crippen LogP contribution in [-0.4, -0.2) is 20.4 Å². The lowest BCUT2D eigenvalue weighted by atomic mass is 10.1. The number of rotatable bonds is 4. The minimum Gasteiger partial charge on any atom is -0.302 e. The molecule has 5 rings (SSSR count). The molecule has 0 fully saturated rings. The summed E-state index contributed by atoms with van der Waals surface area (Å²) in [4.78, 5) is 33.8. The summed E-state index contributed by atoms with van der Waals surface area (Å²) in [5.41, 5.74) is 1.40. The van der Waals surface area contributed by atoms with Crippen molar-refractivity contribution in [2.75, 3.05) is 5.32 Å². The number of para-hydroxylation sites is 1. The highest BCUT2D eigenvalue weighted by atomic mass is 32.1. The molecule has 0 spiro atoms. The Morgan fingerprint density at radius 3 is 2.69 bits per heavy atom. The van der Waals surface area contributed by atoms with Gasteiger partial charge in [0.2, 0.25) is 5.91 Å². The van der Waals surface area contributed by atoms with E-state index >= 15 is 0 Å². The minimum atomic E-state index is -0.187. The molecule has 1 amide bonds. The largest absolute Gasteiger partial charge is 0.302 e. The Balaban J connectivity index is 1.34. The average molecular weight is 400 g/mol. The highest BCUT2D eigenvalue weighted by Crippen LogP contribution is 2.31. The zero-order valence-electron chi connectivity index (χ0n) is 15.3. The molecule has 0 radical (unpaired) electrons. The van der Waals surface area contributed by atoms with E-state index in [4.69, 9.17) is 0 Å². The van der Waals surface area contributed by atoms with Crippen molar-refractivity contribution in [1.82, 2.24) is 14.5 Å². The van der Waals surface area contributed by atoms with Gasteiger partial charge >= 0.3 is 0 Å². The predicted octanol–water partition coefficient (Wildman–Crippen LogP) is 4.19. The first kappa shape index (κ1) is 17.5. The number of nitrogens with one attached hydrogen (secondary N) is 1. The third-order valence-electron chi connectivity index (χ3n) is 4.84. The lowest BCUT2D eigenvalue weighted by Gasteiger charge is -2.06. The first-order chi connectivity index (χ1) is 14.2. The Morgan fingerprint density at radius 2 is 1.79 bits per heavy atom. The van der Waals surface area contributed by atoms with Crippen LogP contribution in [0.2, 0.25) is 0 Å². The summed E-state index contributed by atoms with van der Waals surface area (Å²) < 4.78 is 2.49. The fourth-order valence-corrected chi connectivity index (χ4v) is 4.28. The van der Waals surface area contributed by atoms with Gasteiger partial charge in [0.15, 0.2) is 5.13 Å². The molecule has 5 aromatic rings. The Bertz CT molecular complexity index is 1440. The molecule has 29 heavy (non-hydrogen) atoms. The molecule has 0 atom stereocenters. The average Bonchev–Trinajstić information content (AvgIpc) is 3.16. The number of fused-ring (bicyclic) bond motifs is 4. The van der Waals surface area contributed by atoms with Crippen molar-refractivity contribution in [3.05, 3.63) is 77.3 Å². The van der Waals surface area contributed by atoms with Crippen LogP contribution in [0.25, 0.3) is 31.9 Å². The van der Waals surface area contributed by atoms with E-state index in [1.54, 1.807) is 18.2 Å². The van der Waals surface area contributed by atoms with Crippen molar-refractivity contribution in [2.24, 2.45) is 0 Å². The SMILES string of the molecule is O=C(CCn1cnc2ccccc2c1=O)Nc1nc2c(ccc3ccccc32)s1. The molecule has 2 heterocycles. The molecular formula is C22H16N4O2S. The zero-order chi connectivity index (χ0) is 19.8. The summed E-state index contributed by atoms with van der Waals surface area (Å²) in [7, 11) is 0. The molecule has 1 N–H and O–H groups in total. The van der Waals surface area contributed by atoms with Crippen LogP contribution < -0.4 is 10.9 Å². The number of nitrogens with zero attached hydrogens (tertiary/aromatic N) is 3. The quantitative estimate of drug-likeness (QED) is 0.491. The number of anilines is 1. The number of aromatic nitrogens is 3. The van der Waals surface area contributed by atoms with Crippen molar-refractivity contribution in [3.8, 4) is 0 Å². The van der Waals surface area contributed by atoms with Crippen LogP contribution in [0.4, 0.5) is 5.13 Å². The molecule has 0 aliphatic carbocycles. The van der Waals surface area contributed by atoms with Gasteiger partial charge in [-0.25, -0.2) is 9.97 Å². The molecule has 0 bridgehead atoms. The fraction of sp³-hybridized carbons (Fsp3) is 0.0909. The molecule has 0 aliphatic rings. The highest BCUT2D eigenvalue weighted by molar-refractivity contribution is 7.22. The number of hydrogen-bond acceptors (Lipinski definition) is 5. The summed E-state index contributed by atoms with van der Waals surface area (Å²) in [5.74, 6) is -0.187. The summed E-state index contributed by atoms with van der Waals surface area (Å²) in [6.45, 7) is 0.260. The Kier molecular flexibility index (Phi) is 4.29. The van der Waals surface area contributed by atoms with Gasteiger partial charge in [-0.3, -0.25) is 14.2 Å². The Morgan fingerprint density at radius 1 is 1.00 bits per heavy atom. The van der Waals surface area contributed by atoms with Crippen molar-refractivity contribution < 1.29 is 4.79 Å². The highest BCUT2D eigenvalue weighted by Gasteiger charge is 2.11. The van der Waals surface area contributed by atoms with Crippen LogP contribution in [0.1, 0.15) is 6.42 Å². The maximum atomic E-state index is 12.5. The van der Waals surface area contributed by atoms with Gasteiger partial charge < -0.3 is 5.32 Å². The molecular weight excluding hydrogens is 384 g/mol. The molecule has 0 unspecified atom stereocenters. The van der Waals surface area contributed by atoms with Gasteiger partial charge in [-0.15, -0.1) is 0 Å². The first-order valence-electron chi connectivity index (χ1n) is 9.21. The summed E-state index contributed by atoms with van der Waals surface area (Å²) in [6.07, 6.45) is 1.65. The summed E-state index contributed by atoms with van der Waals surface area (Å²) in [5, 5.41) is 6.15. The number of benzene rings is 3. The third-order valence-corrected chi connectivity index (χ3v) is 5.78. The maximum Gasteiger partial charge on any atom is 0.261 e. The molecule has 3 aromatic carbocycles. The third kappa shape index (κ3) is 3.25. The lowest BCUT2D eigenvalue weighted by Crippen LogP contribution is -2.23. The summed E-state index contributed by atoms with van der Waals surface area (Å²) in [6, 6.07) is 19.3. The van der Waals surface area contributed by atoms with E-state index in [1.165, 1.54) is 22.2 Å². The van der Waals surface area contributed by atoms with E-state index in [-0.39, 0.29) is 24.4 Å². The lowest BCUT2D eigenvalue weighted by molar-refractivity contribution is -0.116. The molecule has 2 aromatic heterocycles. The number of amides is 1. The number of carbonyl (C=O) groups excluding carboxylic acids is 1. The second-order valence-corrected chi connectivity index (χ2v) is 7.74. The fourth-order valence-electron chi connectivity index (χ4n) is 3.38. The van der Waals surface area contributed by atoms with Gasteiger partial charge in [-0.1, -0.05) is 53.8 Å².